The Bertz CT molecular complexity index is 461. The number of rotatable bonds is 9. The van der Waals surface area contributed by atoms with Gasteiger partial charge in [0, 0.05) is 18.2 Å². The third kappa shape index (κ3) is 3.83. The summed E-state index contributed by atoms with van der Waals surface area (Å²) in [7, 11) is 1.60. The highest BCUT2D eigenvalue weighted by Gasteiger charge is 2.37. The van der Waals surface area contributed by atoms with Crippen LogP contribution in [0.25, 0.3) is 0 Å². The number of hydrogen-bond acceptors (Lipinski definition) is 3. The van der Waals surface area contributed by atoms with Crippen molar-refractivity contribution in [3.05, 3.63) is 35.4 Å². The first kappa shape index (κ1) is 16.0. The predicted molar refractivity (Wildman–Crippen MR) is 81.7 cm³/mol. The topological polar surface area (TPSA) is 38.8 Å². The number of methoxy groups -OCH3 is 1. The van der Waals surface area contributed by atoms with Gasteiger partial charge in [-0.05, 0) is 12.5 Å². The summed E-state index contributed by atoms with van der Waals surface area (Å²) < 4.78 is 5.41. The van der Waals surface area contributed by atoms with Gasteiger partial charge < -0.3 is 4.74 Å². The summed E-state index contributed by atoms with van der Waals surface area (Å²) in [6.45, 7) is 2.77. The zero-order valence-corrected chi connectivity index (χ0v) is 13.0. The Kier molecular flexibility index (Phi) is 6.21. The van der Waals surface area contributed by atoms with E-state index in [2.05, 4.69) is 6.92 Å². The van der Waals surface area contributed by atoms with E-state index in [1.807, 2.05) is 24.3 Å². The average molecular weight is 291 g/mol. The Morgan fingerprint density at radius 3 is 2.57 bits per heavy atom. The summed E-state index contributed by atoms with van der Waals surface area (Å²) in [6.07, 6.45) is 6.77. The zero-order chi connectivity index (χ0) is 15.1. The Morgan fingerprint density at radius 2 is 1.81 bits per heavy atom. The lowest BCUT2D eigenvalue weighted by Gasteiger charge is -2.22. The monoisotopic (exact) mass is 291 g/mol. The molecule has 0 radical (unpaired) electrons. The Labute approximate surface area is 127 Å². The number of carbonyl (C=O) groups is 1. The van der Waals surface area contributed by atoms with Crippen molar-refractivity contribution in [1.29, 1.82) is 0 Å². The molecule has 21 heavy (non-hydrogen) atoms. The number of benzene rings is 1. The first-order valence-corrected chi connectivity index (χ1v) is 7.87. The summed E-state index contributed by atoms with van der Waals surface area (Å²) in [5.41, 5.74) is 1.56. The van der Waals surface area contributed by atoms with Crippen LogP contribution in [0.15, 0.2) is 24.3 Å². The maximum Gasteiger partial charge on any atom is 0.280 e. The van der Waals surface area contributed by atoms with Gasteiger partial charge in [0.2, 0.25) is 0 Å². The molecule has 0 saturated heterocycles. The molecule has 1 atom stereocenters. The highest BCUT2D eigenvalue weighted by molar-refractivity contribution is 5.98. The van der Waals surface area contributed by atoms with Crippen LogP contribution >= 0.6 is 0 Å². The second kappa shape index (κ2) is 8.15. The Hall–Kier alpha value is -1.39. The third-order valence-corrected chi connectivity index (χ3v) is 3.82. The van der Waals surface area contributed by atoms with E-state index in [0.717, 1.165) is 18.4 Å². The van der Waals surface area contributed by atoms with Crippen molar-refractivity contribution in [2.75, 3.05) is 13.7 Å². The van der Waals surface area contributed by atoms with Crippen LogP contribution in [-0.2, 0) is 9.57 Å². The molecule has 116 valence electrons. The molecule has 1 aromatic carbocycles. The molecular formula is C17H25NO3. The molecule has 0 spiro atoms. The Morgan fingerprint density at radius 1 is 1.10 bits per heavy atom. The van der Waals surface area contributed by atoms with E-state index in [4.69, 9.17) is 9.57 Å². The fourth-order valence-corrected chi connectivity index (χ4v) is 2.65. The van der Waals surface area contributed by atoms with Crippen molar-refractivity contribution in [3.63, 3.8) is 0 Å². The minimum absolute atomic E-state index is 0.108. The van der Waals surface area contributed by atoms with Crippen molar-refractivity contribution in [2.45, 2.75) is 51.7 Å². The van der Waals surface area contributed by atoms with Gasteiger partial charge in [0.05, 0.1) is 6.61 Å². The van der Waals surface area contributed by atoms with E-state index in [0.29, 0.717) is 12.2 Å². The first-order valence-electron chi connectivity index (χ1n) is 7.87. The number of carbonyl (C=O) groups excluding carboxylic acids is 1. The maximum absolute atomic E-state index is 12.3. The highest BCUT2D eigenvalue weighted by atomic mass is 16.7. The van der Waals surface area contributed by atoms with Gasteiger partial charge >= 0.3 is 0 Å². The standard InChI is InChI=1S/C17H25NO3/c1-3-4-5-6-7-10-13-21-18-16(19)14-11-8-9-12-15(14)17(18)20-2/h8-9,11-12,17H,3-7,10,13H2,1-2H3. The smallest absolute Gasteiger partial charge is 0.280 e. The summed E-state index contributed by atoms with van der Waals surface area (Å²) in [4.78, 5) is 18.0. The molecule has 4 nitrogen and oxygen atoms in total. The van der Waals surface area contributed by atoms with Crippen LogP contribution in [0, 0.1) is 0 Å². The average Bonchev–Trinajstić information content (AvgIpc) is 2.79. The lowest BCUT2D eigenvalue weighted by molar-refractivity contribution is -0.208. The number of fused-ring (bicyclic) bond motifs is 1. The molecule has 1 amide bonds. The molecule has 1 unspecified atom stereocenters. The van der Waals surface area contributed by atoms with Crippen LogP contribution in [0.3, 0.4) is 0 Å². The van der Waals surface area contributed by atoms with Crippen LogP contribution in [0.1, 0.15) is 67.6 Å². The maximum atomic E-state index is 12.3. The predicted octanol–water partition coefficient (Wildman–Crippen LogP) is 4.08. The number of hydrogen-bond donors (Lipinski definition) is 0. The molecule has 0 N–H and O–H groups in total. The number of nitrogens with zero attached hydrogens (tertiary/aromatic N) is 1. The second-order valence-corrected chi connectivity index (χ2v) is 5.41. The van der Waals surface area contributed by atoms with Gasteiger partial charge in [0.15, 0.2) is 6.23 Å². The molecule has 1 aliphatic heterocycles. The Balaban J connectivity index is 1.80. The van der Waals surface area contributed by atoms with Crippen LogP contribution in [0.5, 0.6) is 0 Å². The lowest BCUT2D eigenvalue weighted by Crippen LogP contribution is -2.29. The molecule has 0 aliphatic carbocycles. The first-order chi connectivity index (χ1) is 10.3. The fourth-order valence-electron chi connectivity index (χ4n) is 2.65. The summed E-state index contributed by atoms with van der Waals surface area (Å²) in [5, 5.41) is 1.37. The number of hydroxylamine groups is 2. The van der Waals surface area contributed by atoms with Gasteiger partial charge in [-0.25, -0.2) is 0 Å². The lowest BCUT2D eigenvalue weighted by atomic mass is 10.1. The van der Waals surface area contributed by atoms with Crippen LogP contribution in [0.4, 0.5) is 0 Å². The fraction of sp³-hybridized carbons (Fsp3) is 0.588. The van der Waals surface area contributed by atoms with Gasteiger partial charge in [-0.15, -0.1) is 0 Å². The summed E-state index contributed by atoms with van der Waals surface area (Å²) in [6, 6.07) is 7.50. The van der Waals surface area contributed by atoms with E-state index < -0.39 is 6.23 Å². The van der Waals surface area contributed by atoms with E-state index in [1.54, 1.807) is 7.11 Å². The van der Waals surface area contributed by atoms with E-state index in [9.17, 15) is 4.79 Å². The van der Waals surface area contributed by atoms with Gasteiger partial charge in [0.1, 0.15) is 0 Å². The second-order valence-electron chi connectivity index (χ2n) is 5.41. The number of amides is 1. The van der Waals surface area contributed by atoms with Crippen LogP contribution < -0.4 is 0 Å². The van der Waals surface area contributed by atoms with Crippen molar-refractivity contribution in [3.8, 4) is 0 Å². The number of ether oxygens (including phenoxy) is 1. The molecule has 1 heterocycles. The SMILES string of the molecule is CCCCCCCCON1C(=O)c2ccccc2C1OC. The van der Waals surface area contributed by atoms with E-state index >= 15 is 0 Å². The van der Waals surface area contributed by atoms with Crippen molar-refractivity contribution >= 4 is 5.91 Å². The van der Waals surface area contributed by atoms with E-state index in [1.165, 1.54) is 30.7 Å². The molecule has 0 bridgehead atoms. The molecule has 0 aromatic heterocycles. The highest BCUT2D eigenvalue weighted by Crippen LogP contribution is 2.33. The quantitative estimate of drug-likeness (QED) is 0.643. The molecule has 0 saturated carbocycles. The summed E-state index contributed by atoms with van der Waals surface area (Å²) in [5.74, 6) is -0.108. The van der Waals surface area contributed by atoms with Gasteiger partial charge in [-0.3, -0.25) is 9.63 Å². The van der Waals surface area contributed by atoms with Gasteiger partial charge in [0.25, 0.3) is 5.91 Å². The molecule has 2 rings (SSSR count). The largest absolute Gasteiger partial charge is 0.355 e. The van der Waals surface area contributed by atoms with Crippen molar-refractivity contribution < 1.29 is 14.4 Å². The molecular weight excluding hydrogens is 266 g/mol. The third-order valence-electron chi connectivity index (χ3n) is 3.82. The molecule has 0 fully saturated rings. The van der Waals surface area contributed by atoms with Crippen LogP contribution in [-0.4, -0.2) is 24.7 Å². The molecule has 4 heteroatoms. The van der Waals surface area contributed by atoms with Crippen molar-refractivity contribution in [2.24, 2.45) is 0 Å². The van der Waals surface area contributed by atoms with E-state index in [-0.39, 0.29) is 5.91 Å². The normalized spacial score (nSPS) is 17.3. The minimum Gasteiger partial charge on any atom is -0.355 e. The zero-order valence-electron chi connectivity index (χ0n) is 13.0. The molecule has 1 aromatic rings. The van der Waals surface area contributed by atoms with Crippen LogP contribution in [0.2, 0.25) is 0 Å². The number of unbranched alkanes of at least 4 members (excludes halogenated alkanes) is 5. The van der Waals surface area contributed by atoms with Gasteiger partial charge in [-0.2, -0.15) is 5.06 Å². The summed E-state index contributed by atoms with van der Waals surface area (Å²) >= 11 is 0. The van der Waals surface area contributed by atoms with Gasteiger partial charge in [-0.1, -0.05) is 57.2 Å². The minimum atomic E-state index is -0.422. The van der Waals surface area contributed by atoms with Crippen molar-refractivity contribution in [1.82, 2.24) is 5.06 Å². The molecule has 1 aliphatic rings.